The number of aryl methyl sites for hydroxylation is 1. The van der Waals surface area contributed by atoms with E-state index in [4.69, 9.17) is 15.2 Å². The summed E-state index contributed by atoms with van der Waals surface area (Å²) in [5, 5.41) is 0. The van der Waals surface area contributed by atoms with Crippen LogP contribution in [-0.2, 0) is 17.6 Å². The average Bonchev–Trinajstić information content (AvgIpc) is 2.61. The Morgan fingerprint density at radius 1 is 1.26 bits per heavy atom. The third-order valence-electron chi connectivity index (χ3n) is 3.75. The average molecular weight is 313 g/mol. The van der Waals surface area contributed by atoms with Crippen LogP contribution >= 0.6 is 0 Å². The highest BCUT2D eigenvalue weighted by Crippen LogP contribution is 2.29. The lowest BCUT2D eigenvalue weighted by Gasteiger charge is -2.14. The van der Waals surface area contributed by atoms with Gasteiger partial charge in [-0.1, -0.05) is 25.1 Å². The Labute approximate surface area is 137 Å². The Morgan fingerprint density at radius 2 is 2.09 bits per heavy atom. The summed E-state index contributed by atoms with van der Waals surface area (Å²) in [5.74, 6) is 0.747. The van der Waals surface area contributed by atoms with Crippen molar-refractivity contribution in [2.45, 2.75) is 19.8 Å². The number of pyridine rings is 1. The molecule has 0 aliphatic carbocycles. The van der Waals surface area contributed by atoms with Crippen molar-refractivity contribution < 1.29 is 9.47 Å². The second kappa shape index (κ2) is 8.17. The molecule has 0 amide bonds. The van der Waals surface area contributed by atoms with Gasteiger partial charge in [-0.25, -0.2) is 4.99 Å². The molecule has 0 saturated carbocycles. The SMILES string of the molecule is CCc1cccc(-c2cncc(OC)c2)c1CCN=C(N)OC. The summed E-state index contributed by atoms with van der Waals surface area (Å²) in [6, 6.07) is 8.54. The van der Waals surface area contributed by atoms with E-state index in [0.717, 1.165) is 29.7 Å². The maximum Gasteiger partial charge on any atom is 0.281 e. The second-order valence-electron chi connectivity index (χ2n) is 5.08. The molecule has 1 aromatic heterocycles. The molecule has 1 heterocycles. The van der Waals surface area contributed by atoms with Crippen LogP contribution in [0.15, 0.2) is 41.7 Å². The van der Waals surface area contributed by atoms with Crippen LogP contribution in [0, 0.1) is 0 Å². The zero-order chi connectivity index (χ0) is 16.7. The topological polar surface area (TPSA) is 69.7 Å². The van der Waals surface area contributed by atoms with E-state index in [-0.39, 0.29) is 6.02 Å². The standard InChI is InChI=1S/C18H23N3O2/c1-4-13-6-5-7-16(14-10-15(22-2)12-20-11-14)17(13)8-9-21-18(19)23-3/h5-7,10-12H,4,8-9H2,1-3H3,(H2,19,21). The highest BCUT2D eigenvalue weighted by Gasteiger charge is 2.10. The molecule has 0 fully saturated rings. The number of ether oxygens (including phenoxy) is 2. The minimum Gasteiger partial charge on any atom is -0.495 e. The van der Waals surface area contributed by atoms with E-state index >= 15 is 0 Å². The van der Waals surface area contributed by atoms with Crippen molar-refractivity contribution in [3.63, 3.8) is 0 Å². The number of amidine groups is 1. The van der Waals surface area contributed by atoms with Crippen LogP contribution in [0.3, 0.4) is 0 Å². The Kier molecular flexibility index (Phi) is 5.97. The fraction of sp³-hybridized carbons (Fsp3) is 0.333. The van der Waals surface area contributed by atoms with Crippen molar-refractivity contribution in [3.05, 3.63) is 47.8 Å². The molecule has 0 atom stereocenters. The minimum absolute atomic E-state index is 0.212. The smallest absolute Gasteiger partial charge is 0.281 e. The Balaban J connectivity index is 2.38. The molecule has 5 heteroatoms. The summed E-state index contributed by atoms with van der Waals surface area (Å²) in [7, 11) is 3.17. The highest BCUT2D eigenvalue weighted by atomic mass is 16.5. The predicted octanol–water partition coefficient (Wildman–Crippen LogP) is 2.82. The molecule has 0 saturated heterocycles. The van der Waals surface area contributed by atoms with Crippen molar-refractivity contribution in [1.29, 1.82) is 0 Å². The van der Waals surface area contributed by atoms with Gasteiger partial charge in [0.1, 0.15) is 5.75 Å². The molecule has 0 spiro atoms. The first kappa shape index (κ1) is 16.8. The number of nitrogens with zero attached hydrogens (tertiary/aromatic N) is 2. The summed E-state index contributed by atoms with van der Waals surface area (Å²) in [5.41, 5.74) is 10.4. The lowest BCUT2D eigenvalue weighted by molar-refractivity contribution is 0.394. The molecule has 0 bridgehead atoms. The van der Waals surface area contributed by atoms with Gasteiger partial charge in [0.15, 0.2) is 0 Å². The third-order valence-corrected chi connectivity index (χ3v) is 3.75. The number of aliphatic imine (C=N–C) groups is 1. The fourth-order valence-electron chi connectivity index (χ4n) is 2.55. The number of benzene rings is 1. The van der Waals surface area contributed by atoms with Crippen molar-refractivity contribution in [2.75, 3.05) is 20.8 Å². The van der Waals surface area contributed by atoms with E-state index in [1.54, 1.807) is 13.3 Å². The number of aromatic nitrogens is 1. The van der Waals surface area contributed by atoms with Gasteiger partial charge in [-0.05, 0) is 35.6 Å². The van der Waals surface area contributed by atoms with E-state index in [1.165, 1.54) is 18.2 Å². The highest BCUT2D eigenvalue weighted by molar-refractivity contribution is 5.71. The summed E-state index contributed by atoms with van der Waals surface area (Å²) in [6.07, 6.45) is 5.31. The Morgan fingerprint density at radius 3 is 2.78 bits per heavy atom. The molecule has 0 radical (unpaired) electrons. The number of methoxy groups -OCH3 is 2. The third kappa shape index (κ3) is 4.22. The van der Waals surface area contributed by atoms with Gasteiger partial charge in [-0.3, -0.25) is 4.98 Å². The van der Waals surface area contributed by atoms with Crippen molar-refractivity contribution in [3.8, 4) is 16.9 Å². The minimum atomic E-state index is 0.212. The molecule has 0 unspecified atom stereocenters. The maximum absolute atomic E-state index is 5.60. The van der Waals surface area contributed by atoms with Gasteiger partial charge in [0.2, 0.25) is 0 Å². The van der Waals surface area contributed by atoms with Crippen molar-refractivity contribution >= 4 is 6.02 Å². The Bertz CT molecular complexity index is 684. The van der Waals surface area contributed by atoms with Gasteiger partial charge < -0.3 is 15.2 Å². The summed E-state index contributed by atoms with van der Waals surface area (Å²) in [4.78, 5) is 8.47. The van der Waals surface area contributed by atoms with Crippen LogP contribution in [0.4, 0.5) is 0 Å². The van der Waals surface area contributed by atoms with E-state index in [0.29, 0.717) is 6.54 Å². The number of hydrogen-bond donors (Lipinski definition) is 1. The van der Waals surface area contributed by atoms with E-state index in [9.17, 15) is 0 Å². The molecule has 122 valence electrons. The van der Waals surface area contributed by atoms with Crippen molar-refractivity contribution in [2.24, 2.45) is 10.7 Å². The van der Waals surface area contributed by atoms with Gasteiger partial charge in [-0.2, -0.15) is 0 Å². The molecular formula is C18H23N3O2. The molecule has 2 N–H and O–H groups in total. The monoisotopic (exact) mass is 313 g/mol. The maximum atomic E-state index is 5.60. The van der Waals surface area contributed by atoms with Crippen LogP contribution in [-0.4, -0.2) is 31.8 Å². The molecule has 23 heavy (non-hydrogen) atoms. The van der Waals surface area contributed by atoms with Gasteiger partial charge in [0.25, 0.3) is 6.02 Å². The van der Waals surface area contributed by atoms with Gasteiger partial charge in [0, 0.05) is 18.3 Å². The molecule has 2 rings (SSSR count). The molecule has 2 aromatic rings. The number of nitrogens with two attached hydrogens (primary N) is 1. The van der Waals surface area contributed by atoms with E-state index in [2.05, 4.69) is 35.1 Å². The summed E-state index contributed by atoms with van der Waals surface area (Å²) >= 11 is 0. The van der Waals surface area contributed by atoms with Crippen molar-refractivity contribution in [1.82, 2.24) is 4.98 Å². The van der Waals surface area contributed by atoms with Crippen LogP contribution in [0.2, 0.25) is 0 Å². The zero-order valence-electron chi connectivity index (χ0n) is 13.9. The second-order valence-corrected chi connectivity index (χ2v) is 5.08. The molecule has 0 aliphatic heterocycles. The summed E-state index contributed by atoms with van der Waals surface area (Å²) in [6.45, 7) is 2.74. The molecular weight excluding hydrogens is 290 g/mol. The first-order valence-electron chi connectivity index (χ1n) is 7.63. The first-order chi connectivity index (χ1) is 11.2. The molecule has 5 nitrogen and oxygen atoms in total. The quantitative estimate of drug-likeness (QED) is 0.657. The molecule has 0 aliphatic rings. The lowest BCUT2D eigenvalue weighted by atomic mass is 9.93. The fourth-order valence-corrected chi connectivity index (χ4v) is 2.55. The van der Waals surface area contributed by atoms with Gasteiger partial charge in [0.05, 0.1) is 20.4 Å². The lowest BCUT2D eigenvalue weighted by Crippen LogP contribution is -2.14. The first-order valence-corrected chi connectivity index (χ1v) is 7.63. The van der Waals surface area contributed by atoms with E-state index in [1.807, 2.05) is 12.3 Å². The number of hydrogen-bond acceptors (Lipinski definition) is 4. The predicted molar refractivity (Wildman–Crippen MR) is 92.8 cm³/mol. The largest absolute Gasteiger partial charge is 0.495 e. The van der Waals surface area contributed by atoms with Gasteiger partial charge in [-0.15, -0.1) is 0 Å². The van der Waals surface area contributed by atoms with Crippen LogP contribution in [0.5, 0.6) is 5.75 Å². The molecule has 1 aromatic carbocycles. The summed E-state index contributed by atoms with van der Waals surface area (Å²) < 4.78 is 10.2. The van der Waals surface area contributed by atoms with Crippen LogP contribution in [0.25, 0.3) is 11.1 Å². The van der Waals surface area contributed by atoms with Crippen LogP contribution < -0.4 is 10.5 Å². The van der Waals surface area contributed by atoms with E-state index < -0.39 is 0 Å². The Hall–Kier alpha value is -2.56. The van der Waals surface area contributed by atoms with Crippen LogP contribution in [0.1, 0.15) is 18.1 Å². The number of rotatable bonds is 6. The van der Waals surface area contributed by atoms with Gasteiger partial charge >= 0.3 is 0 Å². The normalized spacial score (nSPS) is 11.3. The zero-order valence-corrected chi connectivity index (χ0v) is 13.9.